The molecule has 0 aromatic carbocycles. The van der Waals surface area contributed by atoms with Crippen molar-refractivity contribution in [1.29, 1.82) is 0 Å². The van der Waals surface area contributed by atoms with Crippen molar-refractivity contribution in [1.82, 2.24) is 0 Å². The molecule has 2 N–H and O–H groups in total. The summed E-state index contributed by atoms with van der Waals surface area (Å²) in [6, 6.07) is 0. The predicted molar refractivity (Wildman–Crippen MR) is 72.3 cm³/mol. The van der Waals surface area contributed by atoms with Crippen LogP contribution in [0, 0.1) is 5.41 Å². The van der Waals surface area contributed by atoms with Crippen LogP contribution in [0.15, 0.2) is 11.6 Å². The lowest BCUT2D eigenvalue weighted by Crippen LogP contribution is -2.31. The van der Waals surface area contributed by atoms with Crippen LogP contribution in [-0.4, -0.2) is 43.9 Å². The molecule has 18 heavy (non-hydrogen) atoms. The van der Waals surface area contributed by atoms with E-state index in [-0.39, 0.29) is 19.5 Å². The second-order valence-corrected chi connectivity index (χ2v) is 5.08. The molecule has 4 heteroatoms. The summed E-state index contributed by atoms with van der Waals surface area (Å²) < 4.78 is 10.3. The summed E-state index contributed by atoms with van der Waals surface area (Å²) in [4.78, 5) is 0. The normalized spacial score (nSPS) is 11.9. The van der Waals surface area contributed by atoms with Crippen LogP contribution in [0.4, 0.5) is 0 Å². The number of ether oxygens (including phenoxy) is 2. The Hall–Kier alpha value is -0.420. The number of hydrogen-bond donors (Lipinski definition) is 2. The van der Waals surface area contributed by atoms with Crippen molar-refractivity contribution in [3.8, 4) is 0 Å². The van der Waals surface area contributed by atoms with Gasteiger partial charge in [0.25, 0.3) is 0 Å². The van der Waals surface area contributed by atoms with E-state index in [2.05, 4.69) is 6.08 Å². The number of rotatable bonds is 10. The number of aliphatic hydroxyl groups is 2. The van der Waals surface area contributed by atoms with Gasteiger partial charge in [-0.15, -0.1) is 0 Å². The Labute approximate surface area is 111 Å². The third-order valence-corrected chi connectivity index (χ3v) is 3.33. The Balaban J connectivity index is 4.36. The van der Waals surface area contributed by atoms with Crippen molar-refractivity contribution in [2.75, 3.05) is 27.4 Å². The lowest BCUT2D eigenvalue weighted by atomic mass is 9.80. The summed E-state index contributed by atoms with van der Waals surface area (Å²) in [7, 11) is 3.19. The highest BCUT2D eigenvalue weighted by molar-refractivity contribution is 4.94. The van der Waals surface area contributed by atoms with Gasteiger partial charge in [-0.1, -0.05) is 11.6 Å². The molecular formula is C14H28O4. The van der Waals surface area contributed by atoms with E-state index in [1.54, 1.807) is 14.2 Å². The van der Waals surface area contributed by atoms with Gasteiger partial charge in [-0.2, -0.15) is 0 Å². The Morgan fingerprint density at radius 3 is 2.06 bits per heavy atom. The minimum absolute atomic E-state index is 0.0136. The summed E-state index contributed by atoms with van der Waals surface area (Å²) in [6.45, 7) is 4.07. The van der Waals surface area contributed by atoms with Gasteiger partial charge in [0.05, 0.1) is 13.2 Å². The zero-order valence-electron chi connectivity index (χ0n) is 12.1. The smallest absolute Gasteiger partial charge is 0.156 e. The predicted octanol–water partition coefficient (Wildman–Crippen LogP) is 2.10. The Bertz CT molecular complexity index is 226. The van der Waals surface area contributed by atoms with Crippen LogP contribution in [0.5, 0.6) is 0 Å². The molecule has 0 fully saturated rings. The first-order chi connectivity index (χ1) is 8.53. The highest BCUT2D eigenvalue weighted by atomic mass is 16.7. The van der Waals surface area contributed by atoms with Crippen LogP contribution in [0.3, 0.4) is 0 Å². The van der Waals surface area contributed by atoms with Crippen LogP contribution >= 0.6 is 0 Å². The Morgan fingerprint density at radius 1 is 1.11 bits per heavy atom. The molecule has 0 radical (unpaired) electrons. The van der Waals surface area contributed by atoms with Gasteiger partial charge in [0, 0.05) is 19.6 Å². The van der Waals surface area contributed by atoms with Crippen molar-refractivity contribution in [3.05, 3.63) is 11.6 Å². The molecule has 0 rings (SSSR count). The molecule has 108 valence electrons. The SMILES string of the molecule is COC(CCC(CO)(CO)CCC=C(C)C)OC. The lowest BCUT2D eigenvalue weighted by molar-refractivity contribution is -0.115. The maximum atomic E-state index is 9.54. The van der Waals surface area contributed by atoms with E-state index in [4.69, 9.17) is 9.47 Å². The molecule has 0 aliphatic heterocycles. The van der Waals surface area contributed by atoms with Crippen LogP contribution in [0.2, 0.25) is 0 Å². The summed E-state index contributed by atoms with van der Waals surface area (Å²) in [5.41, 5.74) is 0.813. The molecule has 0 aliphatic carbocycles. The summed E-state index contributed by atoms with van der Waals surface area (Å²) in [5, 5.41) is 19.1. The van der Waals surface area contributed by atoms with Gasteiger partial charge in [0.2, 0.25) is 0 Å². The van der Waals surface area contributed by atoms with E-state index in [9.17, 15) is 10.2 Å². The maximum absolute atomic E-state index is 9.54. The quantitative estimate of drug-likeness (QED) is 0.466. The molecule has 0 spiro atoms. The first kappa shape index (κ1) is 17.6. The van der Waals surface area contributed by atoms with E-state index < -0.39 is 5.41 Å². The molecule has 0 saturated heterocycles. The molecule has 0 saturated carbocycles. The third kappa shape index (κ3) is 6.50. The van der Waals surface area contributed by atoms with Gasteiger partial charge in [0.15, 0.2) is 6.29 Å². The second-order valence-electron chi connectivity index (χ2n) is 5.08. The number of methoxy groups -OCH3 is 2. The average molecular weight is 260 g/mol. The first-order valence-electron chi connectivity index (χ1n) is 6.44. The maximum Gasteiger partial charge on any atom is 0.156 e. The molecule has 0 aliphatic rings. The summed E-state index contributed by atoms with van der Waals surface area (Å²) >= 11 is 0. The second kappa shape index (κ2) is 9.50. The fourth-order valence-corrected chi connectivity index (χ4v) is 1.91. The van der Waals surface area contributed by atoms with Gasteiger partial charge < -0.3 is 19.7 Å². The third-order valence-electron chi connectivity index (χ3n) is 3.33. The largest absolute Gasteiger partial charge is 0.396 e. The van der Waals surface area contributed by atoms with Crippen LogP contribution in [0.25, 0.3) is 0 Å². The zero-order valence-corrected chi connectivity index (χ0v) is 12.1. The van der Waals surface area contributed by atoms with Gasteiger partial charge in [-0.3, -0.25) is 0 Å². The van der Waals surface area contributed by atoms with Crippen molar-refractivity contribution in [2.24, 2.45) is 5.41 Å². The summed E-state index contributed by atoms with van der Waals surface area (Å²) in [6.07, 6.45) is 4.85. The molecule has 0 aromatic rings. The number of aliphatic hydroxyl groups excluding tert-OH is 2. The van der Waals surface area contributed by atoms with Crippen LogP contribution in [0.1, 0.15) is 39.5 Å². The minimum Gasteiger partial charge on any atom is -0.396 e. The molecule has 0 bridgehead atoms. The van der Waals surface area contributed by atoms with Crippen molar-refractivity contribution in [3.63, 3.8) is 0 Å². The molecule has 4 nitrogen and oxygen atoms in total. The molecule has 0 heterocycles. The molecule has 0 amide bonds. The topological polar surface area (TPSA) is 58.9 Å². The van der Waals surface area contributed by atoms with E-state index in [0.717, 1.165) is 12.8 Å². The number of hydrogen-bond acceptors (Lipinski definition) is 4. The van der Waals surface area contributed by atoms with Crippen molar-refractivity contribution < 1.29 is 19.7 Å². The van der Waals surface area contributed by atoms with Crippen LogP contribution in [-0.2, 0) is 9.47 Å². The van der Waals surface area contributed by atoms with Crippen molar-refractivity contribution >= 4 is 0 Å². The monoisotopic (exact) mass is 260 g/mol. The van der Waals surface area contributed by atoms with E-state index in [1.165, 1.54) is 5.57 Å². The van der Waals surface area contributed by atoms with E-state index in [1.807, 2.05) is 13.8 Å². The van der Waals surface area contributed by atoms with Crippen LogP contribution < -0.4 is 0 Å². The molecular weight excluding hydrogens is 232 g/mol. The fraction of sp³-hybridized carbons (Fsp3) is 0.857. The molecule has 0 atom stereocenters. The highest BCUT2D eigenvalue weighted by Crippen LogP contribution is 2.30. The van der Waals surface area contributed by atoms with E-state index >= 15 is 0 Å². The molecule has 0 unspecified atom stereocenters. The van der Waals surface area contributed by atoms with Gasteiger partial charge in [0.1, 0.15) is 0 Å². The minimum atomic E-state index is -0.443. The van der Waals surface area contributed by atoms with Gasteiger partial charge >= 0.3 is 0 Å². The van der Waals surface area contributed by atoms with E-state index in [0.29, 0.717) is 12.8 Å². The highest BCUT2D eigenvalue weighted by Gasteiger charge is 2.28. The average Bonchev–Trinajstić information content (AvgIpc) is 2.37. The summed E-state index contributed by atoms with van der Waals surface area (Å²) in [5.74, 6) is 0. The first-order valence-corrected chi connectivity index (χ1v) is 6.44. The van der Waals surface area contributed by atoms with Crippen molar-refractivity contribution in [2.45, 2.75) is 45.8 Å². The van der Waals surface area contributed by atoms with Gasteiger partial charge in [-0.05, 0) is 39.5 Å². The Morgan fingerprint density at radius 2 is 1.67 bits per heavy atom. The standard InChI is InChI=1S/C14H28O4/c1-12(2)6-5-8-14(10-15,11-16)9-7-13(17-3)18-4/h6,13,15-16H,5,7-11H2,1-4H3. The Kier molecular flexibility index (Phi) is 9.28. The number of allylic oxidation sites excluding steroid dienone is 2. The zero-order chi connectivity index (χ0) is 14.0. The fourth-order valence-electron chi connectivity index (χ4n) is 1.91. The van der Waals surface area contributed by atoms with Gasteiger partial charge in [-0.25, -0.2) is 0 Å². The molecule has 0 aromatic heterocycles. The lowest BCUT2D eigenvalue weighted by Gasteiger charge is -2.30.